The maximum absolute atomic E-state index is 14.7. The van der Waals surface area contributed by atoms with Crippen molar-refractivity contribution in [1.82, 2.24) is 30.1 Å². The fourth-order valence-electron chi connectivity index (χ4n) is 6.76. The molecule has 18 heteroatoms. The number of rotatable bonds is 16. The van der Waals surface area contributed by atoms with Gasteiger partial charge >= 0.3 is 0 Å². The fourth-order valence-corrected chi connectivity index (χ4v) is 8.06. The van der Waals surface area contributed by atoms with Gasteiger partial charge in [0.1, 0.15) is 23.5 Å². The molecule has 15 nitrogen and oxygen atoms in total. The Hall–Kier alpha value is -4.74. The molecule has 2 aromatic heterocycles. The Labute approximate surface area is 331 Å². The quantitative estimate of drug-likeness (QED) is 0.146. The van der Waals surface area contributed by atoms with Crippen molar-refractivity contribution in [2.75, 3.05) is 6.54 Å². The van der Waals surface area contributed by atoms with Crippen LogP contribution in [0.1, 0.15) is 120 Å². The van der Waals surface area contributed by atoms with E-state index in [1.54, 1.807) is 13.8 Å². The number of amides is 4. The van der Waals surface area contributed by atoms with Gasteiger partial charge in [-0.3, -0.25) is 28.7 Å². The zero-order valence-electron chi connectivity index (χ0n) is 33.2. The maximum Gasteiger partial charge on any atom is 0.274 e. The topological polar surface area (TPSA) is 228 Å². The Kier molecular flexibility index (Phi) is 15.1. The van der Waals surface area contributed by atoms with Crippen LogP contribution in [-0.4, -0.2) is 81.4 Å². The third-order valence-electron chi connectivity index (χ3n) is 10.5. The highest BCUT2D eigenvalue weighted by Gasteiger charge is 2.54. The molecule has 0 bridgehead atoms. The van der Waals surface area contributed by atoms with Crippen molar-refractivity contribution in [1.29, 1.82) is 0 Å². The summed E-state index contributed by atoms with van der Waals surface area (Å²) in [6.45, 7) is 9.41. The summed E-state index contributed by atoms with van der Waals surface area (Å²) in [5.41, 5.74) is 7.60. The number of unbranched alkanes of at least 4 members (excludes halogenated alkanes) is 2. The predicted octanol–water partition coefficient (Wildman–Crippen LogP) is 4.68. The first kappa shape index (κ1) is 45.0. The van der Waals surface area contributed by atoms with Crippen LogP contribution >= 0.6 is 0 Å². The molecule has 3 aromatic rings. The van der Waals surface area contributed by atoms with Crippen LogP contribution in [0.4, 0.5) is 8.78 Å². The van der Waals surface area contributed by atoms with E-state index in [1.165, 1.54) is 11.0 Å². The zero-order valence-corrected chi connectivity index (χ0v) is 34.1. The van der Waals surface area contributed by atoms with Crippen molar-refractivity contribution in [2.24, 2.45) is 17.6 Å². The number of carbonyl (C=O) groups is 4. The minimum Gasteiger partial charge on any atom is -0.368 e. The van der Waals surface area contributed by atoms with E-state index in [-0.39, 0.29) is 30.5 Å². The first-order valence-electron chi connectivity index (χ1n) is 19.7. The number of fused-ring (bicyclic) bond motifs is 1. The number of halogens is 2. The van der Waals surface area contributed by atoms with Crippen molar-refractivity contribution >= 4 is 44.7 Å². The Morgan fingerprint density at radius 3 is 2.47 bits per heavy atom. The maximum atomic E-state index is 14.7. The Morgan fingerprint density at radius 1 is 1.14 bits per heavy atom. The highest BCUT2D eigenvalue weighted by atomic mass is 32.2. The monoisotopic (exact) mass is 819 g/mol. The lowest BCUT2D eigenvalue weighted by molar-refractivity contribution is -0.139. The second kappa shape index (κ2) is 19.1. The average molecular weight is 820 g/mol. The van der Waals surface area contributed by atoms with Crippen LogP contribution in [0.5, 0.6) is 0 Å². The number of aromatic amines is 1. The highest BCUT2D eigenvalue weighted by molar-refractivity contribution is 7.91. The molecule has 3 unspecified atom stereocenters. The molecule has 3 aliphatic rings. The normalized spacial score (nSPS) is 20.0. The molecule has 0 radical (unpaired) electrons. The molecule has 1 saturated heterocycles. The van der Waals surface area contributed by atoms with Crippen molar-refractivity contribution in [3.05, 3.63) is 57.8 Å². The van der Waals surface area contributed by atoms with Gasteiger partial charge in [0.2, 0.25) is 33.7 Å². The number of sulfonamides is 1. The van der Waals surface area contributed by atoms with Gasteiger partial charge in [0.15, 0.2) is 5.69 Å². The summed E-state index contributed by atoms with van der Waals surface area (Å²) < 4.78 is 59.8. The number of nitrogens with zero attached hydrogens (tertiary/aromatic N) is 3. The number of benzene rings is 1. The number of hydrogen-bond donors (Lipinski definition) is 4. The number of carbonyl (C=O) groups excluding carboxylic acids is 4. The molecule has 5 N–H and O–H groups in total. The van der Waals surface area contributed by atoms with Gasteiger partial charge in [-0.15, -0.1) is 0 Å². The van der Waals surface area contributed by atoms with E-state index in [1.807, 2.05) is 45.0 Å². The van der Waals surface area contributed by atoms with Gasteiger partial charge < -0.3 is 25.5 Å². The Balaban J connectivity index is 0.000000400. The van der Waals surface area contributed by atoms with Gasteiger partial charge in [0, 0.05) is 31.4 Å². The molecule has 4 amide bonds. The molecular formula is C39H55F2N7O8S. The van der Waals surface area contributed by atoms with Crippen LogP contribution in [0.3, 0.4) is 0 Å². The Morgan fingerprint density at radius 2 is 1.84 bits per heavy atom. The van der Waals surface area contributed by atoms with Gasteiger partial charge in [0.05, 0.1) is 15.8 Å². The lowest BCUT2D eigenvalue weighted by Gasteiger charge is -2.27. The minimum absolute atomic E-state index is 0.00999. The van der Waals surface area contributed by atoms with Crippen molar-refractivity contribution in [3.8, 4) is 0 Å². The summed E-state index contributed by atoms with van der Waals surface area (Å²) in [6, 6.07) is 7.18. The number of nitrogens with two attached hydrogens (primary N) is 1. The van der Waals surface area contributed by atoms with Gasteiger partial charge in [-0.2, -0.15) is 0 Å². The van der Waals surface area contributed by atoms with Crippen LogP contribution in [0.25, 0.3) is 11.0 Å². The number of H-pyrrole nitrogens is 1. The fraction of sp³-hybridized carbons (Fsp3) is 0.615. The van der Waals surface area contributed by atoms with Crippen LogP contribution in [-0.2, 0) is 30.8 Å². The van der Waals surface area contributed by atoms with E-state index >= 15 is 0 Å². The molecule has 6 rings (SSSR count). The standard InChI is InChI=1S/C27H39F2N5O7S.C10H10N2O.C2H6/c1-16-13-20(32-41-16)24(37)31-19(25(38)34-12-6-8-21(34)22(30)35)7-4-3-5-9-27(28,29)15-17-14-18(17)23(36)33-42(39,40)26(2)10-11-26;1-2-7-10(13)12-9-6-4-3-5-8(9)11-7;1-2/h13,17-19,21H,3-12,14-15H2,1-2H3,(H2,30,35)(H,31,37)(H,33,36);3-6H,2H2,1H3,(H,12,13);1-2H3/t17?,18?,19-,21?;;/m0../s1. The second-order valence-corrected chi connectivity index (χ2v) is 17.2. The molecular weight excluding hydrogens is 765 g/mol. The number of likely N-dealkylation sites (tertiary alicyclic amines) is 1. The first-order chi connectivity index (χ1) is 26.9. The van der Waals surface area contributed by atoms with Crippen molar-refractivity contribution in [3.63, 3.8) is 0 Å². The summed E-state index contributed by atoms with van der Waals surface area (Å²) in [5.74, 6) is -6.36. The van der Waals surface area contributed by atoms with Gasteiger partial charge in [-0.1, -0.05) is 50.9 Å². The summed E-state index contributed by atoms with van der Waals surface area (Å²) in [6.07, 6.45) is 2.94. The van der Waals surface area contributed by atoms with Gasteiger partial charge in [0.25, 0.3) is 11.5 Å². The molecule has 4 atom stereocenters. The number of nitrogens with one attached hydrogen (secondary N) is 3. The number of para-hydroxylation sites is 2. The molecule has 2 saturated carbocycles. The minimum atomic E-state index is -3.80. The second-order valence-electron chi connectivity index (χ2n) is 15.0. The smallest absolute Gasteiger partial charge is 0.274 e. The summed E-state index contributed by atoms with van der Waals surface area (Å²) in [4.78, 5) is 69.8. The molecule has 1 aromatic carbocycles. The van der Waals surface area contributed by atoms with Crippen molar-refractivity contribution in [2.45, 2.75) is 134 Å². The lowest BCUT2D eigenvalue weighted by atomic mass is 10.0. The van der Waals surface area contributed by atoms with E-state index in [9.17, 15) is 41.2 Å². The molecule has 3 fully saturated rings. The summed E-state index contributed by atoms with van der Waals surface area (Å²) in [5, 5.41) is 6.29. The number of hydrogen-bond acceptors (Lipinski definition) is 10. The van der Waals surface area contributed by atoms with Crippen LogP contribution in [0.2, 0.25) is 0 Å². The molecule has 0 spiro atoms. The molecule has 1 aliphatic heterocycles. The average Bonchev–Trinajstić information content (AvgIpc) is 3.99. The SMILES string of the molecule is CC.CCc1nc2ccccc2[nH]c1=O.Cc1cc(C(=O)N[C@@H](CCCCCC(F)(F)CC2CC2C(=O)NS(=O)(=O)C2(C)CC2)C(=O)N2CCCC2C(N)=O)no1. The number of aromatic nitrogens is 3. The molecule has 3 heterocycles. The predicted molar refractivity (Wildman–Crippen MR) is 208 cm³/mol. The van der Waals surface area contributed by atoms with Gasteiger partial charge in [-0.05, 0) is 83.3 Å². The largest absolute Gasteiger partial charge is 0.368 e. The third-order valence-corrected chi connectivity index (χ3v) is 12.7. The molecule has 2 aliphatic carbocycles. The lowest BCUT2D eigenvalue weighted by Crippen LogP contribution is -2.52. The van der Waals surface area contributed by atoms with E-state index in [2.05, 4.69) is 25.2 Å². The van der Waals surface area contributed by atoms with Crippen LogP contribution < -0.4 is 21.3 Å². The molecule has 57 heavy (non-hydrogen) atoms. The number of alkyl halides is 2. The third kappa shape index (κ3) is 11.9. The number of primary amides is 1. The van der Waals surface area contributed by atoms with Crippen molar-refractivity contribution < 1.29 is 40.9 Å². The van der Waals surface area contributed by atoms with Gasteiger partial charge in [-0.25, -0.2) is 22.2 Å². The van der Waals surface area contributed by atoms with E-state index in [0.717, 1.165) is 11.0 Å². The van der Waals surface area contributed by atoms with E-state index < -0.39 is 81.1 Å². The Bertz CT molecular complexity index is 2070. The van der Waals surface area contributed by atoms with E-state index in [0.29, 0.717) is 62.9 Å². The van der Waals surface area contributed by atoms with E-state index in [4.69, 9.17) is 10.3 Å². The highest BCUT2D eigenvalue weighted by Crippen LogP contribution is 2.48. The zero-order chi connectivity index (χ0) is 42.1. The summed E-state index contributed by atoms with van der Waals surface area (Å²) >= 11 is 0. The molecule has 314 valence electrons. The summed E-state index contributed by atoms with van der Waals surface area (Å²) in [7, 11) is -3.80. The van der Waals surface area contributed by atoms with Crippen LogP contribution in [0.15, 0.2) is 39.6 Å². The van der Waals surface area contributed by atoms with Crippen LogP contribution in [0, 0.1) is 18.8 Å². The number of aryl methyl sites for hydroxylation is 2. The first-order valence-corrected chi connectivity index (χ1v) is 21.2.